The summed E-state index contributed by atoms with van der Waals surface area (Å²) >= 11 is 3.39. The van der Waals surface area contributed by atoms with E-state index in [0.717, 1.165) is 25.0 Å². The number of benzene rings is 1. The van der Waals surface area contributed by atoms with Crippen molar-refractivity contribution in [3.8, 4) is 0 Å². The number of hydrogen-bond donors (Lipinski definition) is 1. The Hall–Kier alpha value is -0.460. The fraction of sp³-hybridized carbons (Fsp3) is 0.455. The highest BCUT2D eigenvalue weighted by Gasteiger charge is 2.12. The minimum atomic E-state index is -3.51. The summed E-state index contributed by atoms with van der Waals surface area (Å²) in [6.07, 6.45) is 1.65. The first kappa shape index (κ1) is 14.6. The van der Waals surface area contributed by atoms with E-state index in [1.165, 1.54) is 12.1 Å². The molecule has 1 aromatic rings. The molecule has 3 nitrogen and oxygen atoms in total. The molecule has 1 rings (SSSR count). The van der Waals surface area contributed by atoms with E-state index in [4.69, 9.17) is 0 Å². The smallest absolute Gasteiger partial charge is 0.211 e. The monoisotopic (exact) mass is 323 g/mol. The second kappa shape index (κ2) is 6.47. The molecule has 96 valence electrons. The highest BCUT2D eigenvalue weighted by molar-refractivity contribution is 9.09. The summed E-state index contributed by atoms with van der Waals surface area (Å²) in [6, 6.07) is 4.78. The SMILES string of the molecule is CC(Br)CCCNS(=O)(=O)c1ccc(F)cc1. The summed E-state index contributed by atoms with van der Waals surface area (Å²) in [7, 11) is -3.51. The highest BCUT2D eigenvalue weighted by atomic mass is 79.9. The van der Waals surface area contributed by atoms with E-state index in [1.807, 2.05) is 6.92 Å². The summed E-state index contributed by atoms with van der Waals surface area (Å²) < 4.78 is 38.6. The third-order valence-electron chi connectivity index (χ3n) is 2.19. The number of nitrogens with one attached hydrogen (secondary N) is 1. The molecule has 0 aliphatic rings. The molecule has 0 spiro atoms. The Morgan fingerprint density at radius 3 is 2.47 bits per heavy atom. The normalized spacial score (nSPS) is 13.6. The highest BCUT2D eigenvalue weighted by Crippen LogP contribution is 2.10. The van der Waals surface area contributed by atoms with Gasteiger partial charge in [-0.15, -0.1) is 0 Å². The van der Waals surface area contributed by atoms with Gasteiger partial charge in [-0.2, -0.15) is 0 Å². The lowest BCUT2D eigenvalue weighted by molar-refractivity contribution is 0.576. The van der Waals surface area contributed by atoms with Crippen LogP contribution in [0.15, 0.2) is 29.2 Å². The van der Waals surface area contributed by atoms with Crippen LogP contribution >= 0.6 is 15.9 Å². The van der Waals surface area contributed by atoms with Crippen LogP contribution in [0.25, 0.3) is 0 Å². The van der Waals surface area contributed by atoms with Crippen molar-refractivity contribution in [2.45, 2.75) is 29.5 Å². The van der Waals surface area contributed by atoms with Crippen molar-refractivity contribution in [3.63, 3.8) is 0 Å². The molecule has 0 fully saturated rings. The maximum atomic E-state index is 12.6. The lowest BCUT2D eigenvalue weighted by atomic mass is 10.2. The third kappa shape index (κ3) is 5.14. The van der Waals surface area contributed by atoms with Crippen molar-refractivity contribution in [2.24, 2.45) is 0 Å². The Kier molecular flexibility index (Phi) is 5.55. The summed E-state index contributed by atoms with van der Waals surface area (Å²) in [6.45, 7) is 2.39. The van der Waals surface area contributed by atoms with Crippen LogP contribution in [0.3, 0.4) is 0 Å². The van der Waals surface area contributed by atoms with Gasteiger partial charge in [0.25, 0.3) is 0 Å². The molecule has 0 amide bonds. The van der Waals surface area contributed by atoms with Gasteiger partial charge in [-0.1, -0.05) is 22.9 Å². The summed E-state index contributed by atoms with van der Waals surface area (Å²) in [5.74, 6) is -0.447. The van der Waals surface area contributed by atoms with Gasteiger partial charge in [0.1, 0.15) is 5.82 Å². The van der Waals surface area contributed by atoms with E-state index in [2.05, 4.69) is 20.7 Å². The molecule has 0 aromatic heterocycles. The van der Waals surface area contributed by atoms with Crippen LogP contribution < -0.4 is 4.72 Å². The van der Waals surface area contributed by atoms with Crippen LogP contribution in [-0.4, -0.2) is 19.8 Å². The molecule has 0 aliphatic carbocycles. The topological polar surface area (TPSA) is 46.2 Å². The van der Waals surface area contributed by atoms with Crippen molar-refractivity contribution in [2.75, 3.05) is 6.54 Å². The van der Waals surface area contributed by atoms with E-state index < -0.39 is 15.8 Å². The lowest BCUT2D eigenvalue weighted by Crippen LogP contribution is -2.25. The first-order valence-electron chi connectivity index (χ1n) is 5.31. The summed E-state index contributed by atoms with van der Waals surface area (Å²) in [5, 5.41) is 0. The summed E-state index contributed by atoms with van der Waals surface area (Å²) in [5.41, 5.74) is 0. The molecular weight excluding hydrogens is 309 g/mol. The van der Waals surface area contributed by atoms with E-state index in [0.29, 0.717) is 11.4 Å². The maximum absolute atomic E-state index is 12.6. The van der Waals surface area contributed by atoms with Crippen LogP contribution in [-0.2, 0) is 10.0 Å². The first-order valence-corrected chi connectivity index (χ1v) is 7.71. The average Bonchev–Trinajstić information content (AvgIpc) is 2.25. The largest absolute Gasteiger partial charge is 0.240 e. The van der Waals surface area contributed by atoms with E-state index >= 15 is 0 Å². The van der Waals surface area contributed by atoms with Crippen LogP contribution in [0.5, 0.6) is 0 Å². The molecule has 0 radical (unpaired) electrons. The van der Waals surface area contributed by atoms with Crippen molar-refractivity contribution >= 4 is 26.0 Å². The second-order valence-corrected chi connectivity index (χ2v) is 7.10. The molecule has 1 unspecified atom stereocenters. The van der Waals surface area contributed by atoms with Crippen molar-refractivity contribution in [3.05, 3.63) is 30.1 Å². The van der Waals surface area contributed by atoms with E-state index in [1.54, 1.807) is 0 Å². The Labute approximate surface area is 110 Å². The zero-order valence-corrected chi connectivity index (χ0v) is 11.9. The fourth-order valence-corrected chi connectivity index (χ4v) is 2.68. The molecule has 0 saturated heterocycles. The zero-order chi connectivity index (χ0) is 12.9. The van der Waals surface area contributed by atoms with Gasteiger partial charge in [-0.25, -0.2) is 17.5 Å². The van der Waals surface area contributed by atoms with Gasteiger partial charge in [0, 0.05) is 11.4 Å². The number of hydrogen-bond acceptors (Lipinski definition) is 2. The first-order chi connectivity index (χ1) is 7.92. The summed E-state index contributed by atoms with van der Waals surface area (Å²) in [4.78, 5) is 0.462. The predicted molar refractivity (Wildman–Crippen MR) is 69.2 cm³/mol. The number of sulfonamides is 1. The van der Waals surface area contributed by atoms with Gasteiger partial charge < -0.3 is 0 Å². The van der Waals surface area contributed by atoms with Gasteiger partial charge in [-0.3, -0.25) is 0 Å². The Morgan fingerprint density at radius 2 is 1.94 bits per heavy atom. The van der Waals surface area contributed by atoms with Gasteiger partial charge in [-0.05, 0) is 37.1 Å². The Bertz CT molecular complexity index is 445. The molecule has 0 bridgehead atoms. The van der Waals surface area contributed by atoms with Gasteiger partial charge in [0.05, 0.1) is 4.90 Å². The Balaban J connectivity index is 2.54. The molecule has 1 N–H and O–H groups in total. The molecule has 1 atom stereocenters. The molecule has 1 aromatic carbocycles. The van der Waals surface area contributed by atoms with Gasteiger partial charge in [0.15, 0.2) is 0 Å². The third-order valence-corrected chi connectivity index (χ3v) is 4.13. The average molecular weight is 324 g/mol. The van der Waals surface area contributed by atoms with Crippen molar-refractivity contribution < 1.29 is 12.8 Å². The van der Waals surface area contributed by atoms with Crippen LogP contribution in [0.1, 0.15) is 19.8 Å². The van der Waals surface area contributed by atoms with E-state index in [-0.39, 0.29) is 4.90 Å². The van der Waals surface area contributed by atoms with E-state index in [9.17, 15) is 12.8 Å². The minimum Gasteiger partial charge on any atom is -0.211 e. The molecule has 17 heavy (non-hydrogen) atoms. The van der Waals surface area contributed by atoms with Gasteiger partial charge in [0.2, 0.25) is 10.0 Å². The Morgan fingerprint density at radius 1 is 1.35 bits per heavy atom. The number of rotatable bonds is 6. The second-order valence-electron chi connectivity index (χ2n) is 3.77. The van der Waals surface area contributed by atoms with Crippen molar-refractivity contribution in [1.82, 2.24) is 4.72 Å². The molecular formula is C11H15BrFNO2S. The van der Waals surface area contributed by atoms with Crippen LogP contribution in [0, 0.1) is 5.82 Å². The zero-order valence-electron chi connectivity index (χ0n) is 9.49. The number of alkyl halides is 1. The standard InChI is InChI=1S/C11H15BrFNO2S/c1-9(12)3-2-8-14-17(15,16)11-6-4-10(13)5-7-11/h4-7,9,14H,2-3,8H2,1H3. The molecule has 6 heteroatoms. The van der Waals surface area contributed by atoms with Gasteiger partial charge >= 0.3 is 0 Å². The maximum Gasteiger partial charge on any atom is 0.240 e. The number of halogens is 2. The molecule has 0 saturated carbocycles. The fourth-order valence-electron chi connectivity index (χ4n) is 1.29. The van der Waals surface area contributed by atoms with Crippen molar-refractivity contribution in [1.29, 1.82) is 0 Å². The van der Waals surface area contributed by atoms with Crippen LogP contribution in [0.2, 0.25) is 0 Å². The predicted octanol–water partition coefficient (Wildman–Crippen LogP) is 2.67. The van der Waals surface area contributed by atoms with Crippen LogP contribution in [0.4, 0.5) is 4.39 Å². The molecule has 0 heterocycles. The minimum absolute atomic E-state index is 0.0887. The lowest BCUT2D eigenvalue weighted by Gasteiger charge is -2.07. The quantitative estimate of drug-likeness (QED) is 0.646. The molecule has 0 aliphatic heterocycles.